The second kappa shape index (κ2) is 8.42. The molecular formula is C19H15BrN4O2S2. The molecule has 2 aromatic heterocycles. The number of halogens is 1. The van der Waals surface area contributed by atoms with E-state index in [1.54, 1.807) is 22.9 Å². The molecule has 0 amide bonds. The van der Waals surface area contributed by atoms with Crippen LogP contribution in [0.2, 0.25) is 0 Å². The molecule has 1 aliphatic heterocycles. The number of nitrogens with zero attached hydrogens (tertiary/aromatic N) is 4. The summed E-state index contributed by atoms with van der Waals surface area (Å²) in [6.45, 7) is 2.09. The fourth-order valence-electron chi connectivity index (χ4n) is 2.65. The van der Waals surface area contributed by atoms with E-state index in [0.29, 0.717) is 34.6 Å². The Morgan fingerprint density at radius 1 is 1.32 bits per heavy atom. The van der Waals surface area contributed by atoms with Crippen LogP contribution < -0.4 is 0 Å². The Hall–Kier alpha value is -2.23. The van der Waals surface area contributed by atoms with Crippen LogP contribution in [0.4, 0.5) is 0 Å². The number of hydrogen-bond acceptors (Lipinski definition) is 7. The van der Waals surface area contributed by atoms with E-state index in [1.807, 2.05) is 47.9 Å². The molecular weight excluding hydrogens is 460 g/mol. The highest BCUT2D eigenvalue weighted by molar-refractivity contribution is 9.10. The first-order valence-electron chi connectivity index (χ1n) is 8.50. The van der Waals surface area contributed by atoms with Crippen molar-refractivity contribution in [2.24, 2.45) is 5.10 Å². The van der Waals surface area contributed by atoms with Gasteiger partial charge in [0.25, 0.3) is 0 Å². The van der Waals surface area contributed by atoms with E-state index >= 15 is 0 Å². The molecule has 0 spiro atoms. The minimum Gasteiger partial charge on any atom is -0.462 e. The molecule has 3 aromatic rings. The number of thioether (sulfide) groups is 1. The Kier molecular flexibility index (Phi) is 5.74. The lowest BCUT2D eigenvalue weighted by molar-refractivity contribution is -0.137. The van der Waals surface area contributed by atoms with E-state index < -0.39 is 5.97 Å². The molecule has 0 saturated carbocycles. The van der Waals surface area contributed by atoms with Crippen molar-refractivity contribution in [2.75, 3.05) is 12.4 Å². The fraction of sp³-hybridized carbons (Fsp3) is 0.158. The number of ether oxygens (including phenoxy) is 1. The maximum Gasteiger partial charge on any atom is 0.340 e. The number of esters is 1. The van der Waals surface area contributed by atoms with Crippen LogP contribution in [0.3, 0.4) is 0 Å². The molecule has 0 bridgehead atoms. The highest BCUT2D eigenvalue weighted by Crippen LogP contribution is 2.31. The number of aromatic nitrogens is 3. The molecule has 0 unspecified atom stereocenters. The summed E-state index contributed by atoms with van der Waals surface area (Å²) < 4.78 is 7.92. The summed E-state index contributed by atoms with van der Waals surface area (Å²) in [6, 6.07) is 11.7. The first-order chi connectivity index (χ1) is 13.7. The van der Waals surface area contributed by atoms with E-state index in [1.165, 1.54) is 11.8 Å². The summed E-state index contributed by atoms with van der Waals surface area (Å²) >= 11 is 6.53. The number of carbonyl (C=O) groups is 1. The van der Waals surface area contributed by atoms with Gasteiger partial charge in [-0.05, 0) is 42.1 Å². The van der Waals surface area contributed by atoms with E-state index in [-0.39, 0.29) is 0 Å². The minimum atomic E-state index is -0.393. The lowest BCUT2D eigenvalue weighted by atomic mass is 10.1. The Labute approximate surface area is 178 Å². The van der Waals surface area contributed by atoms with Crippen LogP contribution in [0.25, 0.3) is 16.8 Å². The van der Waals surface area contributed by atoms with Crippen molar-refractivity contribution in [3.63, 3.8) is 0 Å². The van der Waals surface area contributed by atoms with Gasteiger partial charge in [0.15, 0.2) is 5.82 Å². The summed E-state index contributed by atoms with van der Waals surface area (Å²) in [5.74, 6) is 0.790. The van der Waals surface area contributed by atoms with E-state index in [9.17, 15) is 4.79 Å². The summed E-state index contributed by atoms with van der Waals surface area (Å²) in [7, 11) is 0. The standard InChI is InChI=1S/C19H15BrN4O2S2/c1-2-26-18(25)14(10-12-5-3-6-13(20)9-12)15-11-28-19-22-21-17(24(19)23-15)16-7-4-8-27-16/h3-10H,2,11H2,1H3/b14-10-. The van der Waals surface area contributed by atoms with Crippen LogP contribution in [0.5, 0.6) is 0 Å². The van der Waals surface area contributed by atoms with Gasteiger partial charge in [-0.2, -0.15) is 9.78 Å². The van der Waals surface area contributed by atoms with Gasteiger partial charge < -0.3 is 4.74 Å². The van der Waals surface area contributed by atoms with Crippen molar-refractivity contribution in [1.82, 2.24) is 14.9 Å². The van der Waals surface area contributed by atoms with Crippen LogP contribution in [0.1, 0.15) is 12.5 Å². The van der Waals surface area contributed by atoms with Gasteiger partial charge in [-0.25, -0.2) is 4.79 Å². The number of hydrogen-bond donors (Lipinski definition) is 0. The van der Waals surface area contributed by atoms with Crippen LogP contribution in [-0.2, 0) is 9.53 Å². The molecule has 6 nitrogen and oxygen atoms in total. The number of rotatable bonds is 5. The molecule has 0 fully saturated rings. The van der Waals surface area contributed by atoms with Gasteiger partial charge in [0.1, 0.15) is 0 Å². The lowest BCUT2D eigenvalue weighted by Gasteiger charge is -2.15. The molecule has 28 heavy (non-hydrogen) atoms. The van der Waals surface area contributed by atoms with Crippen LogP contribution in [-0.4, -0.2) is 38.9 Å². The molecule has 142 valence electrons. The zero-order valence-corrected chi connectivity index (χ0v) is 18.1. The molecule has 0 radical (unpaired) electrons. The van der Waals surface area contributed by atoms with Gasteiger partial charge in [0, 0.05) is 10.2 Å². The summed E-state index contributed by atoms with van der Waals surface area (Å²) in [5, 5.41) is 15.9. The van der Waals surface area contributed by atoms with Crippen molar-refractivity contribution in [3.8, 4) is 10.7 Å². The third-order valence-corrected chi connectivity index (χ3v) is 6.17. The van der Waals surface area contributed by atoms with Crippen LogP contribution >= 0.6 is 39.0 Å². The molecule has 1 aliphatic rings. The molecule has 0 saturated heterocycles. The largest absolute Gasteiger partial charge is 0.462 e. The summed E-state index contributed by atoms with van der Waals surface area (Å²) in [5.41, 5.74) is 1.95. The second-order valence-corrected chi connectivity index (χ2v) is 8.57. The number of thiophene rings is 1. The van der Waals surface area contributed by atoms with Crippen molar-refractivity contribution in [3.05, 3.63) is 57.4 Å². The lowest BCUT2D eigenvalue weighted by Crippen LogP contribution is -2.21. The molecule has 0 atom stereocenters. The molecule has 3 heterocycles. The molecule has 1 aromatic carbocycles. The SMILES string of the molecule is CCOC(=O)/C(=C\c1cccc(Br)c1)C1=Nn2c(nnc2-c2cccs2)SC1. The Balaban J connectivity index is 1.78. The Morgan fingerprint density at radius 2 is 2.21 bits per heavy atom. The number of fused-ring (bicyclic) bond motifs is 1. The maximum atomic E-state index is 12.7. The molecule has 0 N–H and O–H groups in total. The highest BCUT2D eigenvalue weighted by atomic mass is 79.9. The van der Waals surface area contributed by atoms with E-state index in [0.717, 1.165) is 14.9 Å². The monoisotopic (exact) mass is 474 g/mol. The minimum absolute atomic E-state index is 0.299. The smallest absolute Gasteiger partial charge is 0.340 e. The first-order valence-corrected chi connectivity index (χ1v) is 11.2. The predicted octanol–water partition coefficient (Wildman–Crippen LogP) is 4.73. The van der Waals surface area contributed by atoms with Crippen molar-refractivity contribution in [1.29, 1.82) is 0 Å². The predicted molar refractivity (Wildman–Crippen MR) is 116 cm³/mol. The van der Waals surface area contributed by atoms with Crippen molar-refractivity contribution < 1.29 is 9.53 Å². The third kappa shape index (κ3) is 3.96. The first kappa shape index (κ1) is 19.1. The van der Waals surface area contributed by atoms with Crippen molar-refractivity contribution >= 4 is 56.8 Å². The van der Waals surface area contributed by atoms with Crippen molar-refractivity contribution in [2.45, 2.75) is 12.1 Å². The average molecular weight is 475 g/mol. The summed E-state index contributed by atoms with van der Waals surface area (Å²) in [6.07, 6.45) is 1.81. The zero-order valence-electron chi connectivity index (χ0n) is 14.8. The van der Waals surface area contributed by atoms with Gasteiger partial charge in [0.2, 0.25) is 5.16 Å². The number of carbonyl (C=O) groups excluding carboxylic acids is 1. The van der Waals surface area contributed by atoms with Crippen LogP contribution in [0.15, 0.2) is 62.1 Å². The van der Waals surface area contributed by atoms with Crippen LogP contribution in [0, 0.1) is 0 Å². The van der Waals surface area contributed by atoms with E-state index in [4.69, 9.17) is 9.84 Å². The zero-order chi connectivity index (χ0) is 19.5. The fourth-order valence-corrected chi connectivity index (χ4v) is 4.59. The topological polar surface area (TPSA) is 69.4 Å². The molecule has 0 aliphatic carbocycles. The van der Waals surface area contributed by atoms with E-state index in [2.05, 4.69) is 26.1 Å². The van der Waals surface area contributed by atoms with Gasteiger partial charge in [-0.1, -0.05) is 45.9 Å². The Morgan fingerprint density at radius 3 is 2.96 bits per heavy atom. The molecule has 9 heteroatoms. The quantitative estimate of drug-likeness (QED) is 0.395. The van der Waals surface area contributed by atoms with Gasteiger partial charge in [-0.15, -0.1) is 21.5 Å². The average Bonchev–Trinajstić information content (AvgIpc) is 3.35. The van der Waals surface area contributed by atoms with Gasteiger partial charge >= 0.3 is 5.97 Å². The van der Waals surface area contributed by atoms with Gasteiger partial charge in [-0.3, -0.25) is 0 Å². The third-order valence-electron chi connectivity index (χ3n) is 3.88. The Bertz CT molecular complexity index is 1070. The second-order valence-electron chi connectivity index (χ2n) is 5.76. The van der Waals surface area contributed by atoms with Gasteiger partial charge in [0.05, 0.1) is 22.8 Å². The highest BCUT2D eigenvalue weighted by Gasteiger charge is 2.25. The maximum absolute atomic E-state index is 12.7. The summed E-state index contributed by atoms with van der Waals surface area (Å²) in [4.78, 5) is 13.6. The normalized spacial score (nSPS) is 13.8. The number of benzene rings is 1. The molecule has 4 rings (SSSR count).